The lowest BCUT2D eigenvalue weighted by Gasteiger charge is -2.32. The number of nitrogens with one attached hydrogen (secondary N) is 1. The molecule has 0 aromatic heterocycles. The average molecular weight is 145 g/mol. The maximum absolute atomic E-state index is 8.90. The van der Waals surface area contributed by atoms with Gasteiger partial charge in [0, 0.05) is 19.7 Å². The lowest BCUT2D eigenvalue weighted by atomic mass is 9.90. The highest BCUT2D eigenvalue weighted by atomic mass is 16.5. The van der Waals surface area contributed by atoms with Crippen LogP contribution in [0.3, 0.4) is 0 Å². The molecule has 60 valence electrons. The van der Waals surface area contributed by atoms with Gasteiger partial charge in [-0.05, 0) is 12.8 Å². The van der Waals surface area contributed by atoms with E-state index in [0.717, 1.165) is 26.0 Å². The molecule has 0 aliphatic heterocycles. The first kappa shape index (κ1) is 7.98. The predicted octanol–water partition coefficient (Wildman–Crippen LogP) is -0.254. The van der Waals surface area contributed by atoms with E-state index in [1.54, 1.807) is 7.11 Å². The van der Waals surface area contributed by atoms with Crippen LogP contribution in [0.4, 0.5) is 0 Å². The number of aliphatic hydroxyl groups is 1. The molecule has 0 spiro atoms. The monoisotopic (exact) mass is 145 g/mol. The summed E-state index contributed by atoms with van der Waals surface area (Å²) < 4.78 is 4.86. The van der Waals surface area contributed by atoms with E-state index < -0.39 is 0 Å². The first-order valence-electron chi connectivity index (χ1n) is 3.73. The van der Waals surface area contributed by atoms with Crippen molar-refractivity contribution in [1.29, 1.82) is 0 Å². The molecule has 10 heavy (non-hydrogen) atoms. The van der Waals surface area contributed by atoms with Crippen LogP contribution in [-0.4, -0.2) is 37.5 Å². The molecule has 0 unspecified atom stereocenters. The molecule has 0 radical (unpaired) electrons. The Labute approximate surface area is 61.4 Å². The molecule has 0 heterocycles. The molecule has 0 bridgehead atoms. The van der Waals surface area contributed by atoms with Gasteiger partial charge in [-0.25, -0.2) is 0 Å². The van der Waals surface area contributed by atoms with Crippen LogP contribution in [0.1, 0.15) is 12.8 Å². The number of methoxy groups -OCH3 is 1. The van der Waals surface area contributed by atoms with E-state index in [2.05, 4.69) is 5.32 Å². The third-order valence-electron chi connectivity index (χ3n) is 1.85. The van der Waals surface area contributed by atoms with Gasteiger partial charge in [0.1, 0.15) is 0 Å². The third kappa shape index (κ3) is 2.25. The van der Waals surface area contributed by atoms with Crippen molar-refractivity contribution in [3.05, 3.63) is 0 Å². The van der Waals surface area contributed by atoms with Crippen LogP contribution in [0.25, 0.3) is 0 Å². The summed E-state index contributed by atoms with van der Waals surface area (Å²) in [5, 5.41) is 12.2. The van der Waals surface area contributed by atoms with Crippen molar-refractivity contribution in [2.24, 2.45) is 0 Å². The summed E-state index contributed by atoms with van der Waals surface area (Å²) in [5.41, 5.74) is 0. The third-order valence-corrected chi connectivity index (χ3v) is 1.85. The summed E-state index contributed by atoms with van der Waals surface area (Å²) in [6, 6.07) is 0.533. The van der Waals surface area contributed by atoms with Gasteiger partial charge in [-0.1, -0.05) is 0 Å². The summed E-state index contributed by atoms with van der Waals surface area (Å²) >= 11 is 0. The van der Waals surface area contributed by atoms with Gasteiger partial charge in [-0.15, -0.1) is 0 Å². The maximum atomic E-state index is 8.90. The van der Waals surface area contributed by atoms with E-state index in [1.807, 2.05) is 0 Å². The molecule has 0 amide bonds. The highest BCUT2D eigenvalue weighted by molar-refractivity contribution is 4.84. The van der Waals surface area contributed by atoms with Crippen molar-refractivity contribution >= 4 is 0 Å². The average Bonchev–Trinajstić information content (AvgIpc) is 1.85. The SMILES string of the molecule is COCCNC1CC(O)C1. The quantitative estimate of drug-likeness (QED) is 0.536. The van der Waals surface area contributed by atoms with Crippen molar-refractivity contribution in [2.75, 3.05) is 20.3 Å². The molecule has 3 heteroatoms. The molecule has 1 saturated carbocycles. The van der Waals surface area contributed by atoms with Crippen molar-refractivity contribution in [3.63, 3.8) is 0 Å². The van der Waals surface area contributed by atoms with Gasteiger partial charge >= 0.3 is 0 Å². The second kappa shape index (κ2) is 3.91. The lowest BCUT2D eigenvalue weighted by Crippen LogP contribution is -2.45. The van der Waals surface area contributed by atoms with Gasteiger partial charge in [0.05, 0.1) is 12.7 Å². The molecule has 2 N–H and O–H groups in total. The number of aliphatic hydroxyl groups excluding tert-OH is 1. The molecule has 0 aromatic rings. The Hall–Kier alpha value is -0.120. The fraction of sp³-hybridized carbons (Fsp3) is 1.00. The fourth-order valence-corrected chi connectivity index (χ4v) is 1.12. The minimum Gasteiger partial charge on any atom is -0.393 e. The number of ether oxygens (including phenoxy) is 1. The first-order valence-corrected chi connectivity index (χ1v) is 3.73. The largest absolute Gasteiger partial charge is 0.393 e. The summed E-state index contributed by atoms with van der Waals surface area (Å²) in [6.45, 7) is 1.65. The van der Waals surface area contributed by atoms with Crippen molar-refractivity contribution in [2.45, 2.75) is 25.0 Å². The van der Waals surface area contributed by atoms with Crippen LogP contribution < -0.4 is 5.32 Å². The summed E-state index contributed by atoms with van der Waals surface area (Å²) in [6.07, 6.45) is 1.76. The Bertz CT molecular complexity index is 91.6. The van der Waals surface area contributed by atoms with Crippen LogP contribution in [0, 0.1) is 0 Å². The van der Waals surface area contributed by atoms with E-state index in [9.17, 15) is 0 Å². The van der Waals surface area contributed by atoms with Crippen LogP contribution in [-0.2, 0) is 4.74 Å². The molecule has 0 aromatic carbocycles. The molecule has 1 rings (SSSR count). The van der Waals surface area contributed by atoms with Crippen molar-refractivity contribution in [1.82, 2.24) is 5.32 Å². The van der Waals surface area contributed by atoms with E-state index in [1.165, 1.54) is 0 Å². The van der Waals surface area contributed by atoms with Gasteiger partial charge in [-0.2, -0.15) is 0 Å². The van der Waals surface area contributed by atoms with Crippen LogP contribution in [0.2, 0.25) is 0 Å². The second-order valence-corrected chi connectivity index (χ2v) is 2.77. The van der Waals surface area contributed by atoms with Gasteiger partial charge in [0.2, 0.25) is 0 Å². The van der Waals surface area contributed by atoms with Gasteiger partial charge in [-0.3, -0.25) is 0 Å². The Morgan fingerprint density at radius 1 is 1.60 bits per heavy atom. The molecule has 0 saturated heterocycles. The lowest BCUT2D eigenvalue weighted by molar-refractivity contribution is 0.0592. The van der Waals surface area contributed by atoms with Crippen molar-refractivity contribution in [3.8, 4) is 0 Å². The van der Waals surface area contributed by atoms with Gasteiger partial charge in [0.25, 0.3) is 0 Å². The molecule has 1 fully saturated rings. The number of hydrogen-bond acceptors (Lipinski definition) is 3. The van der Waals surface area contributed by atoms with Crippen LogP contribution >= 0.6 is 0 Å². The van der Waals surface area contributed by atoms with E-state index in [-0.39, 0.29) is 6.10 Å². The van der Waals surface area contributed by atoms with Crippen LogP contribution in [0.15, 0.2) is 0 Å². The van der Waals surface area contributed by atoms with Crippen molar-refractivity contribution < 1.29 is 9.84 Å². The van der Waals surface area contributed by atoms with E-state index >= 15 is 0 Å². The Morgan fingerprint density at radius 2 is 2.30 bits per heavy atom. The molecular formula is C7H15NO2. The Balaban J connectivity index is 1.86. The van der Waals surface area contributed by atoms with Gasteiger partial charge < -0.3 is 15.2 Å². The minimum absolute atomic E-state index is 0.0555. The summed E-state index contributed by atoms with van der Waals surface area (Å²) in [7, 11) is 1.69. The molecule has 0 atom stereocenters. The second-order valence-electron chi connectivity index (χ2n) is 2.77. The predicted molar refractivity (Wildman–Crippen MR) is 38.9 cm³/mol. The van der Waals surface area contributed by atoms with E-state index in [4.69, 9.17) is 9.84 Å². The topological polar surface area (TPSA) is 41.5 Å². The molecule has 1 aliphatic carbocycles. The Kier molecular flexibility index (Phi) is 3.12. The summed E-state index contributed by atoms with van der Waals surface area (Å²) in [5.74, 6) is 0. The van der Waals surface area contributed by atoms with Crippen LogP contribution in [0.5, 0.6) is 0 Å². The highest BCUT2D eigenvalue weighted by Crippen LogP contribution is 2.18. The Morgan fingerprint density at radius 3 is 2.80 bits per heavy atom. The van der Waals surface area contributed by atoms with Gasteiger partial charge in [0.15, 0.2) is 0 Å². The summed E-state index contributed by atoms with van der Waals surface area (Å²) in [4.78, 5) is 0. The fourth-order valence-electron chi connectivity index (χ4n) is 1.12. The zero-order valence-corrected chi connectivity index (χ0v) is 6.34. The normalized spacial score (nSPS) is 31.8. The molecular weight excluding hydrogens is 130 g/mol. The molecule has 1 aliphatic rings. The first-order chi connectivity index (χ1) is 4.83. The smallest absolute Gasteiger partial charge is 0.0587 e. The standard InChI is InChI=1S/C7H15NO2/c1-10-3-2-8-6-4-7(9)5-6/h6-9H,2-5H2,1H3. The zero-order chi connectivity index (χ0) is 7.40. The molecule has 3 nitrogen and oxygen atoms in total. The van der Waals surface area contributed by atoms with E-state index in [0.29, 0.717) is 6.04 Å². The zero-order valence-electron chi connectivity index (χ0n) is 6.34. The minimum atomic E-state index is -0.0555. The highest BCUT2D eigenvalue weighted by Gasteiger charge is 2.25. The maximum Gasteiger partial charge on any atom is 0.0587 e. The number of rotatable bonds is 4. The number of hydrogen-bond donors (Lipinski definition) is 2.